The number of amides is 1. The Bertz CT molecular complexity index is 1080. The van der Waals surface area contributed by atoms with Gasteiger partial charge in [0.15, 0.2) is 0 Å². The maximum Gasteiger partial charge on any atom is 0.276 e. The molecule has 0 aliphatic carbocycles. The molecule has 1 amide bonds. The standard InChI is InChI=1S/C22H15BrN2O3/c23-17-10-12-18(13-11-17)24-21(15-6-2-1-3-7-15)19(22(24)26)14-16-8-4-5-9-20(16)25(27)28/h1-14,21H/b19-14-. The van der Waals surface area contributed by atoms with Gasteiger partial charge in [0.1, 0.15) is 0 Å². The van der Waals surface area contributed by atoms with Crippen molar-refractivity contribution in [3.8, 4) is 0 Å². The first-order valence-electron chi connectivity index (χ1n) is 8.65. The molecule has 1 aliphatic rings. The van der Waals surface area contributed by atoms with Gasteiger partial charge < -0.3 is 0 Å². The molecule has 1 aliphatic heterocycles. The van der Waals surface area contributed by atoms with Crippen LogP contribution < -0.4 is 4.90 Å². The summed E-state index contributed by atoms with van der Waals surface area (Å²) in [5.41, 5.74) is 2.67. The lowest BCUT2D eigenvalue weighted by Crippen LogP contribution is -2.49. The van der Waals surface area contributed by atoms with Crippen molar-refractivity contribution in [3.05, 3.63) is 110 Å². The van der Waals surface area contributed by atoms with E-state index < -0.39 is 4.92 Å². The third kappa shape index (κ3) is 3.23. The summed E-state index contributed by atoms with van der Waals surface area (Å²) in [6, 6.07) is 23.3. The van der Waals surface area contributed by atoms with Crippen molar-refractivity contribution in [2.75, 3.05) is 4.90 Å². The van der Waals surface area contributed by atoms with Crippen LogP contribution >= 0.6 is 15.9 Å². The molecule has 5 nitrogen and oxygen atoms in total. The molecule has 1 fully saturated rings. The minimum Gasteiger partial charge on any atom is -0.297 e. The van der Waals surface area contributed by atoms with E-state index in [1.807, 2.05) is 54.6 Å². The van der Waals surface area contributed by atoms with E-state index in [1.54, 1.807) is 29.2 Å². The Morgan fingerprint density at radius 1 is 0.929 bits per heavy atom. The summed E-state index contributed by atoms with van der Waals surface area (Å²) < 4.78 is 0.927. The fourth-order valence-electron chi connectivity index (χ4n) is 3.36. The van der Waals surface area contributed by atoms with Crippen LogP contribution in [0, 0.1) is 10.1 Å². The molecule has 0 spiro atoms. The number of para-hydroxylation sites is 1. The Kier molecular flexibility index (Phi) is 4.79. The van der Waals surface area contributed by atoms with Crippen molar-refractivity contribution in [1.29, 1.82) is 0 Å². The van der Waals surface area contributed by atoms with Gasteiger partial charge in [0, 0.05) is 21.8 Å². The number of carbonyl (C=O) groups excluding carboxylic acids is 1. The lowest BCUT2D eigenvalue weighted by molar-refractivity contribution is -0.385. The van der Waals surface area contributed by atoms with Crippen molar-refractivity contribution >= 4 is 39.3 Å². The van der Waals surface area contributed by atoms with Crippen molar-refractivity contribution in [2.45, 2.75) is 6.04 Å². The first-order chi connectivity index (χ1) is 13.6. The van der Waals surface area contributed by atoms with Gasteiger partial charge in [0.2, 0.25) is 0 Å². The number of anilines is 1. The normalized spacial score (nSPS) is 17.5. The van der Waals surface area contributed by atoms with E-state index in [4.69, 9.17) is 0 Å². The van der Waals surface area contributed by atoms with E-state index in [1.165, 1.54) is 6.07 Å². The number of hydrogen-bond donors (Lipinski definition) is 0. The van der Waals surface area contributed by atoms with Gasteiger partial charge in [-0.3, -0.25) is 19.8 Å². The maximum absolute atomic E-state index is 13.0. The number of hydrogen-bond acceptors (Lipinski definition) is 3. The molecule has 1 heterocycles. The van der Waals surface area contributed by atoms with Crippen LogP contribution in [0.3, 0.4) is 0 Å². The van der Waals surface area contributed by atoms with Crippen LogP contribution in [0.1, 0.15) is 17.2 Å². The number of rotatable bonds is 4. The van der Waals surface area contributed by atoms with Crippen LogP contribution in [-0.2, 0) is 4.79 Å². The van der Waals surface area contributed by atoms with E-state index >= 15 is 0 Å². The summed E-state index contributed by atoms with van der Waals surface area (Å²) in [5.74, 6) is -0.158. The first kappa shape index (κ1) is 18.1. The molecule has 1 unspecified atom stereocenters. The zero-order chi connectivity index (χ0) is 19.7. The van der Waals surface area contributed by atoms with E-state index in [0.717, 1.165) is 15.7 Å². The van der Waals surface area contributed by atoms with Crippen LogP contribution in [0.2, 0.25) is 0 Å². The molecule has 0 saturated carbocycles. The third-order valence-electron chi connectivity index (χ3n) is 4.68. The third-order valence-corrected chi connectivity index (χ3v) is 5.21. The molecule has 4 rings (SSSR count). The van der Waals surface area contributed by atoms with Crippen molar-refractivity contribution in [3.63, 3.8) is 0 Å². The van der Waals surface area contributed by atoms with Gasteiger partial charge in [0.05, 0.1) is 16.5 Å². The molecule has 0 N–H and O–H groups in total. The summed E-state index contributed by atoms with van der Waals surface area (Å²) in [7, 11) is 0. The molecule has 138 valence electrons. The summed E-state index contributed by atoms with van der Waals surface area (Å²) in [4.78, 5) is 25.6. The minimum absolute atomic E-state index is 0.0169. The quantitative estimate of drug-likeness (QED) is 0.234. The zero-order valence-electron chi connectivity index (χ0n) is 14.7. The second-order valence-electron chi connectivity index (χ2n) is 6.38. The van der Waals surface area contributed by atoms with Gasteiger partial charge in [-0.15, -0.1) is 0 Å². The SMILES string of the molecule is O=C1/C(=C\c2ccccc2[N+](=O)[O-])C(c2ccccc2)N1c1ccc(Br)cc1. The first-order valence-corrected chi connectivity index (χ1v) is 9.44. The summed E-state index contributed by atoms with van der Waals surface area (Å²) in [5, 5.41) is 11.3. The van der Waals surface area contributed by atoms with Gasteiger partial charge in [-0.05, 0) is 42.0 Å². The van der Waals surface area contributed by atoms with Crippen molar-refractivity contribution < 1.29 is 9.72 Å². The number of halogens is 1. The van der Waals surface area contributed by atoms with Gasteiger partial charge in [-0.25, -0.2) is 0 Å². The molecular weight excluding hydrogens is 420 g/mol. The van der Waals surface area contributed by atoms with E-state index in [9.17, 15) is 14.9 Å². The molecular formula is C22H15BrN2O3. The monoisotopic (exact) mass is 434 g/mol. The molecule has 0 radical (unpaired) electrons. The van der Waals surface area contributed by atoms with Gasteiger partial charge in [-0.1, -0.05) is 58.4 Å². The highest BCUT2D eigenvalue weighted by molar-refractivity contribution is 9.10. The average Bonchev–Trinajstić information content (AvgIpc) is 2.72. The summed E-state index contributed by atoms with van der Waals surface area (Å²) >= 11 is 3.41. The molecule has 1 atom stereocenters. The van der Waals surface area contributed by atoms with Crippen molar-refractivity contribution in [2.24, 2.45) is 0 Å². The molecule has 28 heavy (non-hydrogen) atoms. The predicted molar refractivity (Wildman–Crippen MR) is 112 cm³/mol. The smallest absolute Gasteiger partial charge is 0.276 e. The molecule has 6 heteroatoms. The molecule has 3 aromatic rings. The number of nitro benzene ring substituents is 1. The van der Waals surface area contributed by atoms with Gasteiger partial charge in [0.25, 0.3) is 11.6 Å². The summed E-state index contributed by atoms with van der Waals surface area (Å²) in [6.07, 6.45) is 1.63. The molecule has 1 saturated heterocycles. The number of benzene rings is 3. The molecule has 0 bridgehead atoms. The summed E-state index contributed by atoms with van der Waals surface area (Å²) in [6.45, 7) is 0. The number of nitro groups is 1. The van der Waals surface area contributed by atoms with E-state index in [2.05, 4.69) is 15.9 Å². The maximum atomic E-state index is 13.0. The van der Waals surface area contributed by atoms with Crippen LogP contribution in [0.15, 0.2) is 88.9 Å². The average molecular weight is 435 g/mol. The highest BCUT2D eigenvalue weighted by atomic mass is 79.9. The lowest BCUT2D eigenvalue weighted by atomic mass is 9.86. The van der Waals surface area contributed by atoms with Crippen LogP contribution in [0.4, 0.5) is 11.4 Å². The highest BCUT2D eigenvalue weighted by Crippen LogP contribution is 2.44. The predicted octanol–water partition coefficient (Wildman–Crippen LogP) is 5.53. The Hall–Kier alpha value is -3.25. The highest BCUT2D eigenvalue weighted by Gasteiger charge is 2.44. The van der Waals surface area contributed by atoms with E-state index in [0.29, 0.717) is 11.1 Å². The van der Waals surface area contributed by atoms with Gasteiger partial charge in [-0.2, -0.15) is 0 Å². The fraction of sp³-hybridized carbons (Fsp3) is 0.0455. The van der Waals surface area contributed by atoms with E-state index in [-0.39, 0.29) is 17.6 Å². The Labute approximate surface area is 170 Å². The Morgan fingerprint density at radius 2 is 1.57 bits per heavy atom. The van der Waals surface area contributed by atoms with Crippen LogP contribution in [0.5, 0.6) is 0 Å². The Balaban J connectivity index is 1.80. The molecule has 3 aromatic carbocycles. The number of nitrogens with zero attached hydrogens (tertiary/aromatic N) is 2. The zero-order valence-corrected chi connectivity index (χ0v) is 16.2. The Morgan fingerprint density at radius 3 is 2.25 bits per heavy atom. The number of carbonyl (C=O) groups is 1. The topological polar surface area (TPSA) is 63.4 Å². The van der Waals surface area contributed by atoms with Crippen LogP contribution in [0.25, 0.3) is 6.08 Å². The largest absolute Gasteiger partial charge is 0.297 e. The number of β-lactam (4-membered cyclic amide) rings is 1. The lowest BCUT2D eigenvalue weighted by Gasteiger charge is -2.43. The van der Waals surface area contributed by atoms with Crippen LogP contribution in [-0.4, -0.2) is 10.8 Å². The van der Waals surface area contributed by atoms with Gasteiger partial charge >= 0.3 is 0 Å². The fourth-order valence-corrected chi connectivity index (χ4v) is 3.63. The second kappa shape index (κ2) is 7.40. The second-order valence-corrected chi connectivity index (χ2v) is 7.30. The van der Waals surface area contributed by atoms with Crippen molar-refractivity contribution in [1.82, 2.24) is 0 Å². The minimum atomic E-state index is -0.431. The molecule has 0 aromatic heterocycles.